The number of phenols is 1. The van der Waals surface area contributed by atoms with E-state index in [1.807, 2.05) is 19.1 Å². The van der Waals surface area contributed by atoms with Crippen molar-refractivity contribution in [2.45, 2.75) is 38.7 Å². The molecule has 8 heteroatoms. The number of aromatic nitrogens is 2. The standard InChI is InChI=1S/C24H23N3O5/c1-2-5-16-19(28)7-3-8-20(16)32-22(18-11-12-25-18)17-6-4-13-27-23(17)26-14-15(24(27)31)9-10-21(29)30/h3-4,6-8,11-14,22,28H,2,5,9-10H2,1H3,(H,29,30). The van der Waals surface area contributed by atoms with E-state index in [9.17, 15) is 14.7 Å². The molecule has 1 aromatic carbocycles. The van der Waals surface area contributed by atoms with Crippen LogP contribution < -0.4 is 10.3 Å². The van der Waals surface area contributed by atoms with Crippen molar-refractivity contribution in [2.75, 3.05) is 0 Å². The molecule has 0 spiro atoms. The minimum absolute atomic E-state index is 0.105. The highest BCUT2D eigenvalue weighted by atomic mass is 16.5. The predicted octanol–water partition coefficient (Wildman–Crippen LogP) is 3.46. The summed E-state index contributed by atoms with van der Waals surface area (Å²) in [6, 6.07) is 8.70. The van der Waals surface area contributed by atoms with Gasteiger partial charge in [-0.05, 0) is 43.2 Å². The number of aliphatic carboxylic acids is 1. The molecule has 1 unspecified atom stereocenters. The number of fused-ring (bicyclic) bond motifs is 1. The maximum absolute atomic E-state index is 12.9. The van der Waals surface area contributed by atoms with Gasteiger partial charge in [0.1, 0.15) is 17.1 Å². The van der Waals surface area contributed by atoms with E-state index in [0.717, 1.165) is 6.42 Å². The molecule has 0 fully saturated rings. The second-order valence-electron chi connectivity index (χ2n) is 7.51. The Labute approximate surface area is 184 Å². The van der Waals surface area contributed by atoms with Gasteiger partial charge in [-0.15, -0.1) is 0 Å². The van der Waals surface area contributed by atoms with Crippen molar-refractivity contribution in [3.05, 3.63) is 81.5 Å². The van der Waals surface area contributed by atoms with Gasteiger partial charge < -0.3 is 14.9 Å². The molecule has 1 aliphatic heterocycles. The molecular formula is C24H23N3O5. The SMILES string of the molecule is CCCc1c(O)cccc1OC(C1=CC=N1)c1cccn2c(=O)c(CCC(=O)O)cnc12. The minimum atomic E-state index is -0.972. The van der Waals surface area contributed by atoms with Crippen molar-refractivity contribution in [1.29, 1.82) is 0 Å². The largest absolute Gasteiger partial charge is 0.508 e. The minimum Gasteiger partial charge on any atom is -0.508 e. The molecule has 8 nitrogen and oxygen atoms in total. The van der Waals surface area contributed by atoms with Gasteiger partial charge in [0, 0.05) is 41.7 Å². The van der Waals surface area contributed by atoms with Crippen LogP contribution in [-0.2, 0) is 17.6 Å². The van der Waals surface area contributed by atoms with Gasteiger partial charge in [0.15, 0.2) is 6.10 Å². The number of ether oxygens (including phenoxy) is 1. The van der Waals surface area contributed by atoms with Crippen molar-refractivity contribution >= 4 is 17.8 Å². The summed E-state index contributed by atoms with van der Waals surface area (Å²) in [5.74, 6) is -0.257. The van der Waals surface area contributed by atoms with E-state index in [0.29, 0.717) is 40.2 Å². The van der Waals surface area contributed by atoms with Gasteiger partial charge in [-0.1, -0.05) is 19.4 Å². The lowest BCUT2D eigenvalue weighted by molar-refractivity contribution is -0.136. The lowest BCUT2D eigenvalue weighted by Crippen LogP contribution is -2.23. The van der Waals surface area contributed by atoms with Crippen LogP contribution in [0.4, 0.5) is 0 Å². The molecule has 32 heavy (non-hydrogen) atoms. The number of carbonyl (C=O) groups is 1. The number of benzene rings is 1. The molecule has 0 saturated heterocycles. The number of allylic oxidation sites excluding steroid dienone is 1. The van der Waals surface area contributed by atoms with Crippen molar-refractivity contribution < 1.29 is 19.7 Å². The van der Waals surface area contributed by atoms with Gasteiger partial charge in [0.25, 0.3) is 5.56 Å². The average molecular weight is 433 g/mol. The Balaban J connectivity index is 1.78. The van der Waals surface area contributed by atoms with Crippen LogP contribution in [-0.4, -0.2) is 31.8 Å². The maximum atomic E-state index is 12.9. The zero-order valence-corrected chi connectivity index (χ0v) is 17.6. The van der Waals surface area contributed by atoms with Crippen LogP contribution in [0, 0.1) is 0 Å². The molecular weight excluding hydrogens is 410 g/mol. The first kappa shape index (κ1) is 21.3. The van der Waals surface area contributed by atoms with Crippen molar-refractivity contribution in [3.8, 4) is 11.5 Å². The highest BCUT2D eigenvalue weighted by Gasteiger charge is 2.26. The van der Waals surface area contributed by atoms with Crippen LogP contribution >= 0.6 is 0 Å². The zero-order valence-electron chi connectivity index (χ0n) is 17.6. The number of aromatic hydroxyl groups is 1. The maximum Gasteiger partial charge on any atom is 0.303 e. The van der Waals surface area contributed by atoms with Gasteiger partial charge in [0.2, 0.25) is 0 Å². The van der Waals surface area contributed by atoms with Crippen LogP contribution in [0.2, 0.25) is 0 Å². The Hall–Kier alpha value is -3.94. The fraction of sp³-hybridized carbons (Fsp3) is 0.250. The first-order valence-electron chi connectivity index (χ1n) is 10.4. The van der Waals surface area contributed by atoms with Crippen LogP contribution in [0.25, 0.3) is 5.65 Å². The van der Waals surface area contributed by atoms with E-state index in [-0.39, 0.29) is 24.2 Å². The van der Waals surface area contributed by atoms with E-state index in [2.05, 4.69) is 9.98 Å². The number of phenolic OH excluding ortho intramolecular Hbond substituents is 1. The molecule has 0 aliphatic carbocycles. The molecule has 0 saturated carbocycles. The number of carboxylic acids is 1. The summed E-state index contributed by atoms with van der Waals surface area (Å²) < 4.78 is 7.76. The van der Waals surface area contributed by atoms with Crippen molar-refractivity contribution in [3.63, 3.8) is 0 Å². The first-order chi connectivity index (χ1) is 15.5. The monoisotopic (exact) mass is 433 g/mol. The van der Waals surface area contributed by atoms with E-state index >= 15 is 0 Å². The summed E-state index contributed by atoms with van der Waals surface area (Å²) in [5.41, 5.74) is 2.45. The zero-order chi connectivity index (χ0) is 22.7. The van der Waals surface area contributed by atoms with Crippen molar-refractivity contribution in [2.24, 2.45) is 4.99 Å². The number of rotatable bonds is 9. The Morgan fingerprint density at radius 2 is 2.03 bits per heavy atom. The number of hydrogen-bond donors (Lipinski definition) is 2. The summed E-state index contributed by atoms with van der Waals surface area (Å²) in [6.45, 7) is 2.02. The Morgan fingerprint density at radius 3 is 2.72 bits per heavy atom. The second kappa shape index (κ2) is 9.05. The van der Waals surface area contributed by atoms with Gasteiger partial charge in [-0.2, -0.15) is 0 Å². The van der Waals surface area contributed by atoms with E-state index in [1.54, 1.807) is 36.7 Å². The average Bonchev–Trinajstić information content (AvgIpc) is 2.73. The lowest BCUT2D eigenvalue weighted by Gasteiger charge is -2.24. The summed E-state index contributed by atoms with van der Waals surface area (Å²) in [7, 11) is 0. The Bertz CT molecular complexity index is 1290. The third kappa shape index (κ3) is 4.12. The van der Waals surface area contributed by atoms with Crippen molar-refractivity contribution in [1.82, 2.24) is 9.38 Å². The molecule has 0 amide bonds. The first-order valence-corrected chi connectivity index (χ1v) is 10.4. The molecule has 1 atom stereocenters. The number of pyridine rings is 1. The molecule has 0 bridgehead atoms. The topological polar surface area (TPSA) is 113 Å². The van der Waals surface area contributed by atoms with E-state index in [4.69, 9.17) is 9.84 Å². The van der Waals surface area contributed by atoms with Gasteiger partial charge >= 0.3 is 5.97 Å². The number of nitrogens with zero attached hydrogens (tertiary/aromatic N) is 3. The fourth-order valence-electron chi connectivity index (χ4n) is 3.68. The number of carboxylic acid groups (broad SMARTS) is 1. The highest BCUT2D eigenvalue weighted by molar-refractivity contribution is 5.80. The molecule has 2 N–H and O–H groups in total. The summed E-state index contributed by atoms with van der Waals surface area (Å²) >= 11 is 0. The summed E-state index contributed by atoms with van der Waals surface area (Å²) in [5, 5.41) is 19.2. The molecule has 164 valence electrons. The smallest absolute Gasteiger partial charge is 0.303 e. The van der Waals surface area contributed by atoms with Gasteiger partial charge in [-0.3, -0.25) is 19.0 Å². The number of aryl methyl sites for hydroxylation is 1. The van der Waals surface area contributed by atoms with Gasteiger partial charge in [0.05, 0.1) is 5.70 Å². The second-order valence-corrected chi connectivity index (χ2v) is 7.51. The molecule has 1 aliphatic rings. The third-order valence-corrected chi connectivity index (χ3v) is 5.31. The normalized spacial score (nSPS) is 13.5. The quantitative estimate of drug-likeness (QED) is 0.534. The molecule has 3 heterocycles. The summed E-state index contributed by atoms with van der Waals surface area (Å²) in [6.07, 6.45) is 7.33. The number of hydrogen-bond acceptors (Lipinski definition) is 6. The van der Waals surface area contributed by atoms with E-state index in [1.165, 1.54) is 10.6 Å². The third-order valence-electron chi connectivity index (χ3n) is 5.31. The lowest BCUT2D eigenvalue weighted by atomic mass is 10.0. The predicted molar refractivity (Wildman–Crippen MR) is 119 cm³/mol. The fourth-order valence-corrected chi connectivity index (χ4v) is 3.68. The van der Waals surface area contributed by atoms with Crippen LogP contribution in [0.15, 0.2) is 64.3 Å². The Morgan fingerprint density at radius 1 is 1.22 bits per heavy atom. The molecule has 2 aromatic heterocycles. The summed E-state index contributed by atoms with van der Waals surface area (Å²) in [4.78, 5) is 32.6. The molecule has 0 radical (unpaired) electrons. The van der Waals surface area contributed by atoms with Crippen LogP contribution in [0.3, 0.4) is 0 Å². The highest BCUT2D eigenvalue weighted by Crippen LogP contribution is 2.37. The van der Waals surface area contributed by atoms with E-state index < -0.39 is 12.1 Å². The Kier molecular flexibility index (Phi) is 6.02. The van der Waals surface area contributed by atoms with Crippen LogP contribution in [0.5, 0.6) is 11.5 Å². The molecule has 3 aromatic rings. The van der Waals surface area contributed by atoms with Gasteiger partial charge in [-0.25, -0.2) is 4.98 Å². The number of aliphatic imine (C=N–C) groups is 1. The van der Waals surface area contributed by atoms with Crippen LogP contribution in [0.1, 0.15) is 42.6 Å². The molecule has 4 rings (SSSR count).